The second-order valence-electron chi connectivity index (χ2n) is 4.82. The Balaban J connectivity index is 0.00000112. The molecule has 0 aromatic rings. The molecule has 2 fully saturated rings. The van der Waals surface area contributed by atoms with Gasteiger partial charge in [0.05, 0.1) is 0 Å². The number of piperidine rings is 1. The van der Waals surface area contributed by atoms with Crippen LogP contribution in [0.3, 0.4) is 0 Å². The SMILES string of the molecule is C[C@H]1CCCN(C(=O)CC2CNC2)C1.Cl. The van der Waals surface area contributed by atoms with Gasteiger partial charge in [-0.15, -0.1) is 12.4 Å². The zero-order valence-electron chi connectivity index (χ0n) is 9.37. The molecule has 2 heterocycles. The molecule has 3 nitrogen and oxygen atoms in total. The van der Waals surface area contributed by atoms with Crippen LogP contribution in [0.15, 0.2) is 0 Å². The molecule has 0 radical (unpaired) electrons. The summed E-state index contributed by atoms with van der Waals surface area (Å²) in [7, 11) is 0. The summed E-state index contributed by atoms with van der Waals surface area (Å²) in [5, 5.41) is 3.21. The molecule has 2 saturated heterocycles. The van der Waals surface area contributed by atoms with E-state index in [0.29, 0.717) is 17.7 Å². The molecule has 1 atom stereocenters. The molecule has 0 aliphatic carbocycles. The Morgan fingerprint density at radius 3 is 2.73 bits per heavy atom. The summed E-state index contributed by atoms with van der Waals surface area (Å²) >= 11 is 0. The third-order valence-corrected chi connectivity index (χ3v) is 3.34. The summed E-state index contributed by atoms with van der Waals surface area (Å²) in [5.74, 6) is 1.69. The predicted octanol–water partition coefficient (Wildman–Crippen LogP) is 1.28. The number of carbonyl (C=O) groups is 1. The maximum absolute atomic E-state index is 11.8. The van der Waals surface area contributed by atoms with E-state index in [-0.39, 0.29) is 12.4 Å². The van der Waals surface area contributed by atoms with Crippen LogP contribution in [0, 0.1) is 11.8 Å². The maximum Gasteiger partial charge on any atom is 0.222 e. The van der Waals surface area contributed by atoms with Crippen molar-refractivity contribution in [2.45, 2.75) is 26.2 Å². The number of nitrogens with zero attached hydrogens (tertiary/aromatic N) is 1. The number of nitrogens with one attached hydrogen (secondary N) is 1. The minimum Gasteiger partial charge on any atom is -0.342 e. The van der Waals surface area contributed by atoms with Gasteiger partial charge in [0.15, 0.2) is 0 Å². The van der Waals surface area contributed by atoms with Crippen LogP contribution in [-0.4, -0.2) is 37.0 Å². The number of carbonyl (C=O) groups excluding carboxylic acids is 1. The molecule has 0 aromatic heterocycles. The van der Waals surface area contributed by atoms with Crippen LogP contribution in [0.1, 0.15) is 26.2 Å². The predicted molar refractivity (Wildman–Crippen MR) is 63.2 cm³/mol. The van der Waals surface area contributed by atoms with Crippen molar-refractivity contribution >= 4 is 18.3 Å². The van der Waals surface area contributed by atoms with Gasteiger partial charge < -0.3 is 10.2 Å². The first kappa shape index (κ1) is 12.8. The molecule has 1 amide bonds. The largest absolute Gasteiger partial charge is 0.342 e. The Morgan fingerprint density at radius 2 is 2.20 bits per heavy atom. The molecule has 1 N–H and O–H groups in total. The number of halogens is 1. The average Bonchev–Trinajstić information content (AvgIpc) is 2.11. The standard InChI is InChI=1S/C11H20N2O.ClH/c1-9-3-2-4-13(8-9)11(14)5-10-6-12-7-10;/h9-10,12H,2-8H2,1H3;1H/t9-;/m0./s1. The van der Waals surface area contributed by atoms with Crippen LogP contribution in [0.25, 0.3) is 0 Å². The summed E-state index contributed by atoms with van der Waals surface area (Å²) in [6.45, 7) is 6.29. The second-order valence-corrected chi connectivity index (χ2v) is 4.82. The van der Waals surface area contributed by atoms with Gasteiger partial charge >= 0.3 is 0 Å². The van der Waals surface area contributed by atoms with Crippen molar-refractivity contribution in [3.63, 3.8) is 0 Å². The molecule has 88 valence electrons. The summed E-state index contributed by atoms with van der Waals surface area (Å²) in [6.07, 6.45) is 3.24. The van der Waals surface area contributed by atoms with Gasteiger partial charge in [-0.2, -0.15) is 0 Å². The molecular weight excluding hydrogens is 212 g/mol. The number of hydrogen-bond donors (Lipinski definition) is 1. The fourth-order valence-electron chi connectivity index (χ4n) is 2.28. The highest BCUT2D eigenvalue weighted by atomic mass is 35.5. The molecule has 0 bridgehead atoms. The quantitative estimate of drug-likeness (QED) is 0.778. The number of amides is 1. The van der Waals surface area contributed by atoms with E-state index >= 15 is 0 Å². The monoisotopic (exact) mass is 232 g/mol. The number of rotatable bonds is 2. The summed E-state index contributed by atoms with van der Waals surface area (Å²) in [4.78, 5) is 13.9. The Hall–Kier alpha value is -0.280. The van der Waals surface area contributed by atoms with Crippen molar-refractivity contribution in [2.24, 2.45) is 11.8 Å². The van der Waals surface area contributed by atoms with E-state index in [9.17, 15) is 4.79 Å². The molecule has 0 spiro atoms. The van der Waals surface area contributed by atoms with E-state index in [1.165, 1.54) is 12.8 Å². The lowest BCUT2D eigenvalue weighted by molar-refractivity contribution is -0.134. The fourth-order valence-corrected chi connectivity index (χ4v) is 2.28. The van der Waals surface area contributed by atoms with Gasteiger partial charge in [0, 0.05) is 19.5 Å². The fraction of sp³-hybridized carbons (Fsp3) is 0.909. The highest BCUT2D eigenvalue weighted by molar-refractivity contribution is 5.85. The Kier molecular flexibility index (Phi) is 4.87. The van der Waals surface area contributed by atoms with Gasteiger partial charge in [0.2, 0.25) is 5.91 Å². The Morgan fingerprint density at radius 1 is 1.47 bits per heavy atom. The van der Waals surface area contributed by atoms with E-state index in [4.69, 9.17) is 0 Å². The van der Waals surface area contributed by atoms with E-state index in [0.717, 1.165) is 32.6 Å². The van der Waals surface area contributed by atoms with Crippen molar-refractivity contribution in [3.8, 4) is 0 Å². The van der Waals surface area contributed by atoms with Crippen LogP contribution >= 0.6 is 12.4 Å². The minimum absolute atomic E-state index is 0. The number of likely N-dealkylation sites (tertiary alicyclic amines) is 1. The molecule has 2 aliphatic heterocycles. The van der Waals surface area contributed by atoms with Crippen LogP contribution in [0.5, 0.6) is 0 Å². The van der Waals surface area contributed by atoms with E-state index in [1.54, 1.807) is 0 Å². The lowest BCUT2D eigenvalue weighted by Crippen LogP contribution is -2.46. The molecule has 0 unspecified atom stereocenters. The van der Waals surface area contributed by atoms with Crippen molar-refractivity contribution in [1.29, 1.82) is 0 Å². The van der Waals surface area contributed by atoms with Crippen LogP contribution in [0.2, 0.25) is 0 Å². The maximum atomic E-state index is 11.8. The van der Waals surface area contributed by atoms with Gasteiger partial charge in [-0.1, -0.05) is 6.92 Å². The van der Waals surface area contributed by atoms with Crippen molar-refractivity contribution in [1.82, 2.24) is 10.2 Å². The average molecular weight is 233 g/mol. The molecular formula is C11H21ClN2O. The Labute approximate surface area is 98.0 Å². The van der Waals surface area contributed by atoms with Gasteiger partial charge in [0.1, 0.15) is 0 Å². The van der Waals surface area contributed by atoms with E-state index in [2.05, 4.69) is 17.1 Å². The smallest absolute Gasteiger partial charge is 0.222 e. The highest BCUT2D eigenvalue weighted by Gasteiger charge is 2.25. The molecule has 15 heavy (non-hydrogen) atoms. The molecule has 2 aliphatic rings. The van der Waals surface area contributed by atoms with Gasteiger partial charge in [-0.05, 0) is 37.8 Å². The first-order valence-electron chi connectivity index (χ1n) is 5.74. The molecule has 4 heteroatoms. The first-order chi connectivity index (χ1) is 6.75. The highest BCUT2D eigenvalue weighted by Crippen LogP contribution is 2.18. The third kappa shape index (κ3) is 3.35. The van der Waals surface area contributed by atoms with Crippen LogP contribution < -0.4 is 5.32 Å². The normalized spacial score (nSPS) is 26.7. The lowest BCUT2D eigenvalue weighted by atomic mass is 9.96. The molecule has 2 rings (SSSR count). The van der Waals surface area contributed by atoms with E-state index in [1.807, 2.05) is 0 Å². The van der Waals surface area contributed by atoms with Crippen molar-refractivity contribution in [2.75, 3.05) is 26.2 Å². The van der Waals surface area contributed by atoms with Gasteiger partial charge in [-0.25, -0.2) is 0 Å². The zero-order chi connectivity index (χ0) is 9.97. The van der Waals surface area contributed by atoms with E-state index < -0.39 is 0 Å². The molecule has 0 aromatic carbocycles. The lowest BCUT2D eigenvalue weighted by Gasteiger charge is -2.34. The summed E-state index contributed by atoms with van der Waals surface area (Å²) < 4.78 is 0. The Bertz CT molecular complexity index is 219. The van der Waals surface area contributed by atoms with Gasteiger partial charge in [-0.3, -0.25) is 4.79 Å². The topological polar surface area (TPSA) is 32.3 Å². The summed E-state index contributed by atoms with van der Waals surface area (Å²) in [5.41, 5.74) is 0. The molecule has 0 saturated carbocycles. The third-order valence-electron chi connectivity index (χ3n) is 3.34. The van der Waals surface area contributed by atoms with Crippen LogP contribution in [-0.2, 0) is 4.79 Å². The minimum atomic E-state index is 0. The summed E-state index contributed by atoms with van der Waals surface area (Å²) in [6, 6.07) is 0. The second kappa shape index (κ2) is 5.71. The number of hydrogen-bond acceptors (Lipinski definition) is 2. The van der Waals surface area contributed by atoms with Gasteiger partial charge in [0.25, 0.3) is 0 Å². The van der Waals surface area contributed by atoms with Crippen molar-refractivity contribution in [3.05, 3.63) is 0 Å². The van der Waals surface area contributed by atoms with Crippen molar-refractivity contribution < 1.29 is 4.79 Å². The van der Waals surface area contributed by atoms with Crippen LogP contribution in [0.4, 0.5) is 0 Å². The first-order valence-corrected chi connectivity index (χ1v) is 5.74. The zero-order valence-corrected chi connectivity index (χ0v) is 10.2.